The maximum atomic E-state index is 13.0. The van der Waals surface area contributed by atoms with Crippen LogP contribution in [0.5, 0.6) is 0 Å². The van der Waals surface area contributed by atoms with E-state index in [2.05, 4.69) is 31.9 Å². The molecule has 2 rings (SSSR count). The molecular weight excluding hydrogens is 485 g/mol. The maximum Gasteiger partial charge on any atom is 0.339 e. The predicted octanol–water partition coefficient (Wildman–Crippen LogP) is 5.99. The van der Waals surface area contributed by atoms with Gasteiger partial charge in [-0.1, -0.05) is 23.2 Å². The Hall–Kier alpha value is -1.02. The number of hydrogen-bond donors (Lipinski definition) is 1. The van der Waals surface area contributed by atoms with Crippen molar-refractivity contribution in [1.29, 1.82) is 0 Å². The van der Waals surface area contributed by atoms with E-state index >= 15 is 0 Å². The molecular formula is C14H6Br2Cl2F2O3. The Balaban J connectivity index is 0.000000231. The molecule has 9 heteroatoms. The summed E-state index contributed by atoms with van der Waals surface area (Å²) in [6.07, 6.45) is 0.422. The van der Waals surface area contributed by atoms with Crippen LogP contribution in [-0.4, -0.2) is 17.4 Å². The Labute approximate surface area is 156 Å². The molecule has 0 spiro atoms. The lowest BCUT2D eigenvalue weighted by Crippen LogP contribution is -2.02. The van der Waals surface area contributed by atoms with E-state index in [0.717, 1.165) is 0 Å². The Morgan fingerprint density at radius 1 is 1.00 bits per heavy atom. The molecule has 0 radical (unpaired) electrons. The Kier molecular flexibility index (Phi) is 7.60. The molecule has 1 N–H and O–H groups in total. The molecule has 3 nitrogen and oxygen atoms in total. The van der Waals surface area contributed by atoms with Crippen LogP contribution in [0.4, 0.5) is 8.78 Å². The van der Waals surface area contributed by atoms with E-state index in [9.17, 15) is 18.4 Å². The van der Waals surface area contributed by atoms with Crippen molar-refractivity contribution < 1.29 is 23.5 Å². The minimum Gasteiger partial charge on any atom is -0.478 e. The molecule has 23 heavy (non-hydrogen) atoms. The Morgan fingerprint density at radius 3 is 1.87 bits per heavy atom. The zero-order valence-corrected chi connectivity index (χ0v) is 15.6. The van der Waals surface area contributed by atoms with Crippen molar-refractivity contribution in [2.75, 3.05) is 0 Å². The van der Waals surface area contributed by atoms with Gasteiger partial charge in [-0.2, -0.15) is 0 Å². The van der Waals surface area contributed by atoms with E-state index in [1.807, 2.05) is 0 Å². The van der Waals surface area contributed by atoms with E-state index in [-0.39, 0.29) is 20.1 Å². The first-order valence-electron chi connectivity index (χ1n) is 5.66. The Morgan fingerprint density at radius 2 is 1.48 bits per heavy atom. The van der Waals surface area contributed by atoms with Gasteiger partial charge in [-0.15, -0.1) is 0 Å². The van der Waals surface area contributed by atoms with E-state index in [1.165, 1.54) is 24.3 Å². The topological polar surface area (TPSA) is 54.4 Å². The fraction of sp³-hybridized carbons (Fsp3) is 0. The molecule has 0 heterocycles. The summed E-state index contributed by atoms with van der Waals surface area (Å²) in [5.74, 6) is -2.95. The van der Waals surface area contributed by atoms with E-state index < -0.39 is 23.2 Å². The molecule has 0 saturated carbocycles. The summed E-state index contributed by atoms with van der Waals surface area (Å²) in [4.78, 5) is 20.7. The lowest BCUT2D eigenvalue weighted by molar-refractivity contribution is 0.0690. The Bertz CT molecular complexity index is 770. The molecule has 0 aliphatic rings. The second-order valence-corrected chi connectivity index (χ2v) is 6.42. The van der Waals surface area contributed by atoms with Gasteiger partial charge >= 0.3 is 5.97 Å². The summed E-state index contributed by atoms with van der Waals surface area (Å²) in [6.45, 7) is 0. The van der Waals surface area contributed by atoms with Gasteiger partial charge in [-0.05, 0) is 56.1 Å². The summed E-state index contributed by atoms with van der Waals surface area (Å²) in [5, 5.41) is 8.30. The second kappa shape index (κ2) is 8.73. The predicted molar refractivity (Wildman–Crippen MR) is 90.6 cm³/mol. The number of carbonyl (C=O) groups excluding carboxylic acids is 1. The minimum absolute atomic E-state index is 0.0440. The highest BCUT2D eigenvalue weighted by atomic mass is 79.9. The summed E-state index contributed by atoms with van der Waals surface area (Å²) in [5.41, 5.74) is -0.486. The molecule has 0 atom stereocenters. The molecule has 0 aromatic heterocycles. The van der Waals surface area contributed by atoms with Gasteiger partial charge < -0.3 is 5.11 Å². The molecule has 0 bridgehead atoms. The molecule has 0 unspecified atom stereocenters. The summed E-state index contributed by atoms with van der Waals surface area (Å²) >= 11 is 16.7. The molecule has 0 fully saturated rings. The molecule has 0 aliphatic carbocycles. The van der Waals surface area contributed by atoms with E-state index in [4.69, 9.17) is 28.3 Å². The summed E-state index contributed by atoms with van der Waals surface area (Å²) in [7, 11) is 0. The average molecular weight is 491 g/mol. The van der Waals surface area contributed by atoms with E-state index in [1.54, 1.807) is 0 Å². The van der Waals surface area contributed by atoms with E-state index in [0.29, 0.717) is 10.8 Å². The highest BCUT2D eigenvalue weighted by molar-refractivity contribution is 9.10. The maximum absolute atomic E-state index is 13.0. The quantitative estimate of drug-likeness (QED) is 0.415. The van der Waals surface area contributed by atoms with Crippen molar-refractivity contribution in [3.63, 3.8) is 0 Å². The first-order chi connectivity index (χ1) is 10.7. The fourth-order valence-electron chi connectivity index (χ4n) is 1.37. The largest absolute Gasteiger partial charge is 0.478 e. The standard InChI is InChI=1S/C7H3BrClFO2.C7H3BrClFO/c8-3-1-2-4(9)6(10)5(3)7(11)12;8-5-1-2-6(9)7(10)4(5)3-11/h1-2H,(H,11,12);1-3H. The highest BCUT2D eigenvalue weighted by Gasteiger charge is 2.16. The van der Waals surface area contributed by atoms with Crippen LogP contribution in [0.2, 0.25) is 10.0 Å². The summed E-state index contributed by atoms with van der Waals surface area (Å²) in [6, 6.07) is 5.57. The van der Waals surface area contributed by atoms with Crippen molar-refractivity contribution >= 4 is 67.3 Å². The van der Waals surface area contributed by atoms with Gasteiger partial charge in [0, 0.05) is 8.95 Å². The molecule has 0 aliphatic heterocycles. The number of aldehydes is 1. The lowest BCUT2D eigenvalue weighted by Gasteiger charge is -2.01. The van der Waals surface area contributed by atoms with Crippen LogP contribution < -0.4 is 0 Å². The molecule has 0 amide bonds. The minimum atomic E-state index is -1.35. The number of halogens is 6. The zero-order valence-electron chi connectivity index (χ0n) is 10.9. The van der Waals surface area contributed by atoms with Crippen molar-refractivity contribution in [1.82, 2.24) is 0 Å². The number of rotatable bonds is 2. The van der Waals surface area contributed by atoms with Crippen LogP contribution in [0, 0.1) is 11.6 Å². The van der Waals surface area contributed by atoms with Crippen LogP contribution in [0.1, 0.15) is 20.7 Å². The lowest BCUT2D eigenvalue weighted by atomic mass is 10.2. The number of carboxylic acid groups (broad SMARTS) is 1. The van der Waals surface area contributed by atoms with Gasteiger partial charge in [0.05, 0.1) is 15.6 Å². The van der Waals surface area contributed by atoms with Crippen molar-refractivity contribution in [2.45, 2.75) is 0 Å². The van der Waals surface area contributed by atoms with Gasteiger partial charge in [0.25, 0.3) is 0 Å². The van der Waals surface area contributed by atoms with Gasteiger partial charge in [-0.25, -0.2) is 13.6 Å². The highest BCUT2D eigenvalue weighted by Crippen LogP contribution is 2.25. The number of aromatic carboxylic acids is 1. The number of carboxylic acids is 1. The van der Waals surface area contributed by atoms with Gasteiger partial charge in [0.1, 0.15) is 5.56 Å². The van der Waals surface area contributed by atoms with Crippen LogP contribution in [0.15, 0.2) is 33.2 Å². The smallest absolute Gasteiger partial charge is 0.339 e. The normalized spacial score (nSPS) is 9.83. The monoisotopic (exact) mass is 488 g/mol. The number of benzene rings is 2. The molecule has 2 aromatic carbocycles. The third-order valence-corrected chi connectivity index (χ3v) is 4.39. The second-order valence-electron chi connectivity index (χ2n) is 3.90. The van der Waals surface area contributed by atoms with Crippen LogP contribution in [0.25, 0.3) is 0 Å². The fourth-order valence-corrected chi connectivity index (χ4v) is 2.57. The number of carbonyl (C=O) groups is 2. The molecule has 0 saturated heterocycles. The summed E-state index contributed by atoms with van der Waals surface area (Å²) < 4.78 is 26.4. The zero-order chi connectivity index (χ0) is 17.7. The van der Waals surface area contributed by atoms with Gasteiger partial charge in [0.2, 0.25) is 0 Å². The first kappa shape index (κ1) is 20.0. The molecule has 122 valence electrons. The third kappa shape index (κ3) is 4.97. The van der Waals surface area contributed by atoms with Crippen molar-refractivity contribution in [2.24, 2.45) is 0 Å². The van der Waals surface area contributed by atoms with Gasteiger partial charge in [0.15, 0.2) is 17.9 Å². The average Bonchev–Trinajstić information content (AvgIpc) is 2.48. The van der Waals surface area contributed by atoms with Crippen LogP contribution >= 0.6 is 55.1 Å². The molecule has 2 aromatic rings. The third-order valence-electron chi connectivity index (χ3n) is 2.46. The first-order valence-corrected chi connectivity index (χ1v) is 8.00. The van der Waals surface area contributed by atoms with Crippen molar-refractivity contribution in [3.05, 3.63) is 66.0 Å². The number of hydrogen-bond acceptors (Lipinski definition) is 2. The van der Waals surface area contributed by atoms with Crippen LogP contribution in [0.3, 0.4) is 0 Å². The SMILES string of the molecule is O=C(O)c1c(Br)ccc(Cl)c1F.O=Cc1c(Br)ccc(Cl)c1F. The van der Waals surface area contributed by atoms with Gasteiger partial charge in [-0.3, -0.25) is 4.79 Å². The van der Waals surface area contributed by atoms with Crippen molar-refractivity contribution in [3.8, 4) is 0 Å². The van der Waals surface area contributed by atoms with Crippen LogP contribution in [-0.2, 0) is 0 Å².